The van der Waals surface area contributed by atoms with Crippen LogP contribution in [0.4, 0.5) is 4.39 Å². The van der Waals surface area contributed by atoms with Gasteiger partial charge in [-0.3, -0.25) is 14.5 Å². The van der Waals surface area contributed by atoms with Gasteiger partial charge in [-0.15, -0.1) is 0 Å². The second kappa shape index (κ2) is 6.12. The highest BCUT2D eigenvalue weighted by Crippen LogP contribution is 2.47. The Labute approximate surface area is 158 Å². The fraction of sp³-hybridized carbons (Fsp3) is 0.550. The maximum absolute atomic E-state index is 14.8. The summed E-state index contributed by atoms with van der Waals surface area (Å²) in [5.41, 5.74) is 3.16. The highest BCUT2D eigenvalue weighted by Gasteiger charge is 2.54. The Kier molecular flexibility index (Phi) is 4.42. The highest BCUT2D eigenvalue weighted by molar-refractivity contribution is 6.01. The Bertz CT molecular complexity index is 845. The van der Waals surface area contributed by atoms with E-state index < -0.39 is 22.4 Å². The lowest BCUT2D eigenvalue weighted by Gasteiger charge is -2.46. The molecule has 1 aromatic carbocycles. The fourth-order valence-electron chi connectivity index (χ4n) is 3.77. The number of amides is 1. The third kappa shape index (κ3) is 2.84. The van der Waals surface area contributed by atoms with Gasteiger partial charge < -0.3 is 10.8 Å². The first kappa shape index (κ1) is 19.5. The van der Waals surface area contributed by atoms with Crippen LogP contribution >= 0.6 is 0 Å². The maximum atomic E-state index is 14.8. The summed E-state index contributed by atoms with van der Waals surface area (Å²) >= 11 is 0. The summed E-state index contributed by atoms with van der Waals surface area (Å²) in [5, 5.41) is 10.2. The normalized spacial score (nSPS) is 26.4. The van der Waals surface area contributed by atoms with E-state index >= 15 is 0 Å². The zero-order valence-electron chi connectivity index (χ0n) is 16.2. The van der Waals surface area contributed by atoms with E-state index in [4.69, 9.17) is 5.73 Å². The van der Waals surface area contributed by atoms with E-state index in [9.17, 15) is 19.1 Å². The van der Waals surface area contributed by atoms with Crippen LogP contribution in [0, 0.1) is 11.2 Å². The summed E-state index contributed by atoms with van der Waals surface area (Å²) in [4.78, 5) is 30.9. The van der Waals surface area contributed by atoms with Gasteiger partial charge in [0.2, 0.25) is 5.91 Å². The van der Waals surface area contributed by atoms with Gasteiger partial charge in [0.25, 0.3) is 0 Å². The average Bonchev–Trinajstić information content (AvgIpc) is 2.58. The van der Waals surface area contributed by atoms with Gasteiger partial charge in [-0.05, 0) is 57.7 Å². The number of hydrogen-bond donors (Lipinski definition) is 2. The first-order chi connectivity index (χ1) is 12.4. The number of rotatable bonds is 4. The molecule has 0 radical (unpaired) electrons. The summed E-state index contributed by atoms with van der Waals surface area (Å²) < 4.78 is 14.8. The topological polar surface area (TPSA) is 96.0 Å². The molecule has 6 nitrogen and oxygen atoms in total. The van der Waals surface area contributed by atoms with Crippen molar-refractivity contribution in [2.45, 2.75) is 57.6 Å². The van der Waals surface area contributed by atoms with Gasteiger partial charge >= 0.3 is 0 Å². The molecule has 0 bridgehead atoms. The first-order valence-electron chi connectivity index (χ1n) is 9.10. The standard InChI is InChI=1S/C20H26FN3O3/c1-18(2)16(26)24(4)17(22)23-19(18,3)13-10-12(6-7-14(13)21)11-15(25)20(27)8-5-9-20/h6-7,10,27H,5,8-9,11H2,1-4H3,(H2,22,23)/t19-/m1/s1. The Morgan fingerprint density at radius 2 is 1.96 bits per heavy atom. The lowest BCUT2D eigenvalue weighted by atomic mass is 9.67. The Hall–Kier alpha value is -2.28. The van der Waals surface area contributed by atoms with E-state index in [1.807, 2.05) is 0 Å². The largest absolute Gasteiger partial charge is 0.382 e. The minimum Gasteiger partial charge on any atom is -0.382 e. The monoisotopic (exact) mass is 375 g/mol. The molecule has 7 heteroatoms. The van der Waals surface area contributed by atoms with Crippen molar-refractivity contribution in [2.24, 2.45) is 16.1 Å². The number of hydrogen-bond acceptors (Lipinski definition) is 5. The van der Waals surface area contributed by atoms with Crippen molar-refractivity contribution in [2.75, 3.05) is 7.05 Å². The number of guanidine groups is 1. The minimum absolute atomic E-state index is 0.00728. The van der Waals surface area contributed by atoms with Crippen molar-refractivity contribution < 1.29 is 19.1 Å². The number of ketones is 1. The summed E-state index contributed by atoms with van der Waals surface area (Å²) in [5.74, 6) is -1.02. The number of benzene rings is 1. The van der Waals surface area contributed by atoms with E-state index in [0.717, 1.165) is 6.42 Å². The predicted octanol–water partition coefficient (Wildman–Crippen LogP) is 1.88. The molecule has 1 heterocycles. The van der Waals surface area contributed by atoms with Crippen LogP contribution in [0.3, 0.4) is 0 Å². The van der Waals surface area contributed by atoms with Crippen LogP contribution in [0.2, 0.25) is 0 Å². The molecule has 1 amide bonds. The van der Waals surface area contributed by atoms with Gasteiger partial charge in [-0.1, -0.05) is 6.07 Å². The van der Waals surface area contributed by atoms with Gasteiger partial charge in [0.1, 0.15) is 17.0 Å². The molecule has 3 rings (SSSR count). The zero-order valence-corrected chi connectivity index (χ0v) is 16.2. The van der Waals surface area contributed by atoms with E-state index in [1.54, 1.807) is 26.8 Å². The van der Waals surface area contributed by atoms with E-state index in [1.165, 1.54) is 24.1 Å². The molecular weight excluding hydrogens is 349 g/mol. The Morgan fingerprint density at radius 3 is 2.52 bits per heavy atom. The number of aliphatic hydroxyl groups is 1. The molecule has 146 valence electrons. The van der Waals surface area contributed by atoms with Crippen LogP contribution in [0.25, 0.3) is 0 Å². The lowest BCUT2D eigenvalue weighted by Crippen LogP contribution is -2.58. The SMILES string of the molecule is CN1C(=O)C(C)(C)[C@@](C)(c2cc(CC(=O)C3(O)CCC3)ccc2F)N=C1N. The number of carbonyl (C=O) groups is 2. The molecule has 1 aromatic rings. The van der Waals surface area contributed by atoms with Gasteiger partial charge in [0, 0.05) is 19.0 Å². The maximum Gasteiger partial charge on any atom is 0.237 e. The van der Waals surface area contributed by atoms with Crippen LogP contribution in [-0.4, -0.2) is 40.3 Å². The van der Waals surface area contributed by atoms with Crippen LogP contribution in [0.15, 0.2) is 23.2 Å². The van der Waals surface area contributed by atoms with Crippen molar-refractivity contribution >= 4 is 17.6 Å². The Balaban J connectivity index is 2.03. The predicted molar refractivity (Wildman–Crippen MR) is 99.4 cm³/mol. The average molecular weight is 375 g/mol. The molecule has 2 aliphatic rings. The minimum atomic E-state index is -1.26. The van der Waals surface area contributed by atoms with Crippen molar-refractivity contribution in [1.82, 2.24) is 4.90 Å². The summed E-state index contributed by atoms with van der Waals surface area (Å²) in [6.07, 6.45) is 1.76. The Morgan fingerprint density at radius 1 is 1.33 bits per heavy atom. The lowest BCUT2D eigenvalue weighted by molar-refractivity contribution is -0.145. The first-order valence-corrected chi connectivity index (χ1v) is 9.10. The molecule has 1 aliphatic heterocycles. The number of nitrogens with zero attached hydrogens (tertiary/aromatic N) is 2. The molecule has 0 saturated heterocycles. The number of nitrogens with two attached hydrogens (primary N) is 1. The van der Waals surface area contributed by atoms with Crippen molar-refractivity contribution in [3.63, 3.8) is 0 Å². The molecule has 27 heavy (non-hydrogen) atoms. The van der Waals surface area contributed by atoms with Gasteiger partial charge in [0.15, 0.2) is 11.7 Å². The van der Waals surface area contributed by atoms with Crippen molar-refractivity contribution in [1.29, 1.82) is 0 Å². The van der Waals surface area contributed by atoms with Gasteiger partial charge in [0.05, 0.1) is 5.41 Å². The van der Waals surface area contributed by atoms with Crippen LogP contribution in [0.5, 0.6) is 0 Å². The molecule has 1 atom stereocenters. The highest BCUT2D eigenvalue weighted by atomic mass is 19.1. The second-order valence-corrected chi connectivity index (χ2v) is 8.33. The molecule has 1 aliphatic carbocycles. The number of aliphatic imine (C=N–C) groups is 1. The smallest absolute Gasteiger partial charge is 0.237 e. The van der Waals surface area contributed by atoms with Crippen LogP contribution < -0.4 is 5.73 Å². The number of halogens is 1. The fourth-order valence-corrected chi connectivity index (χ4v) is 3.77. The third-order valence-electron chi connectivity index (χ3n) is 6.36. The van der Waals surface area contributed by atoms with Gasteiger partial charge in [-0.25, -0.2) is 9.38 Å². The summed E-state index contributed by atoms with van der Waals surface area (Å²) in [7, 11) is 1.53. The quantitative estimate of drug-likeness (QED) is 0.840. The molecule has 0 aromatic heterocycles. The number of Topliss-reactive ketones (excluding diaryl/α,β-unsaturated/α-hetero) is 1. The third-order valence-corrected chi connectivity index (χ3v) is 6.36. The molecule has 0 unspecified atom stereocenters. The summed E-state index contributed by atoms with van der Waals surface area (Å²) in [6.45, 7) is 5.08. The zero-order chi connectivity index (χ0) is 20.2. The van der Waals surface area contributed by atoms with Crippen LogP contribution in [-0.2, 0) is 21.5 Å². The number of carbonyl (C=O) groups excluding carboxylic acids is 2. The van der Waals surface area contributed by atoms with E-state index in [2.05, 4.69) is 4.99 Å². The second-order valence-electron chi connectivity index (χ2n) is 8.33. The summed E-state index contributed by atoms with van der Waals surface area (Å²) in [6, 6.07) is 4.37. The van der Waals surface area contributed by atoms with E-state index in [-0.39, 0.29) is 29.6 Å². The molecule has 0 spiro atoms. The molecule has 3 N–H and O–H groups in total. The van der Waals surface area contributed by atoms with Crippen LogP contribution in [0.1, 0.15) is 51.2 Å². The van der Waals surface area contributed by atoms with E-state index in [0.29, 0.717) is 18.4 Å². The van der Waals surface area contributed by atoms with Gasteiger partial charge in [-0.2, -0.15) is 0 Å². The molecule has 1 fully saturated rings. The molecular formula is C20H26FN3O3. The van der Waals surface area contributed by atoms with Crippen molar-refractivity contribution in [3.05, 3.63) is 35.1 Å². The molecule has 1 saturated carbocycles. The van der Waals surface area contributed by atoms with Crippen molar-refractivity contribution in [3.8, 4) is 0 Å².